The maximum Gasteiger partial charge on any atom is 0.178 e. The van der Waals surface area contributed by atoms with E-state index in [1.54, 1.807) is 0 Å². The van der Waals surface area contributed by atoms with Gasteiger partial charge in [0.1, 0.15) is 5.41 Å². The highest BCUT2D eigenvalue weighted by molar-refractivity contribution is 6.26. The molecule has 0 unspecified atom stereocenters. The zero-order valence-corrected chi connectivity index (χ0v) is 12.1. The Morgan fingerprint density at radius 1 is 0.810 bits per heavy atom. The molecule has 2 aromatic rings. The van der Waals surface area contributed by atoms with Gasteiger partial charge in [-0.2, -0.15) is 0 Å². The molecule has 2 aromatic carbocycles. The summed E-state index contributed by atoms with van der Waals surface area (Å²) < 4.78 is 0. The van der Waals surface area contributed by atoms with E-state index in [-0.39, 0.29) is 11.6 Å². The lowest BCUT2D eigenvalue weighted by Gasteiger charge is -2.35. The zero-order valence-electron chi connectivity index (χ0n) is 12.1. The van der Waals surface area contributed by atoms with Crippen molar-refractivity contribution >= 4 is 11.6 Å². The third kappa shape index (κ3) is 1.24. The summed E-state index contributed by atoms with van der Waals surface area (Å²) in [6.07, 6.45) is 0.516. The van der Waals surface area contributed by atoms with Gasteiger partial charge in [0.2, 0.25) is 0 Å². The van der Waals surface area contributed by atoms with Crippen LogP contribution in [-0.2, 0) is 11.8 Å². The maximum atomic E-state index is 13.1. The van der Waals surface area contributed by atoms with Crippen molar-refractivity contribution in [2.45, 2.75) is 25.7 Å². The molecule has 2 nitrogen and oxygen atoms in total. The van der Waals surface area contributed by atoms with Crippen LogP contribution in [0.1, 0.15) is 45.7 Å². The van der Waals surface area contributed by atoms with Gasteiger partial charge in [-0.15, -0.1) is 0 Å². The molecule has 2 aliphatic rings. The third-order valence-corrected chi connectivity index (χ3v) is 5.40. The van der Waals surface area contributed by atoms with Gasteiger partial charge in [-0.1, -0.05) is 62.4 Å². The van der Waals surface area contributed by atoms with Gasteiger partial charge >= 0.3 is 0 Å². The second-order valence-electron chi connectivity index (χ2n) is 6.57. The first-order valence-electron chi connectivity index (χ1n) is 7.27. The number of rotatable bonds is 0. The number of carbonyl (C=O) groups is 2. The molecule has 2 heteroatoms. The third-order valence-electron chi connectivity index (χ3n) is 5.40. The second kappa shape index (κ2) is 3.70. The highest BCUT2D eigenvalue weighted by Gasteiger charge is 2.65. The van der Waals surface area contributed by atoms with Crippen molar-refractivity contribution < 1.29 is 9.59 Å². The molecule has 2 aliphatic carbocycles. The van der Waals surface area contributed by atoms with Crippen LogP contribution < -0.4 is 0 Å². The van der Waals surface area contributed by atoms with Crippen LogP contribution in [0.5, 0.6) is 0 Å². The molecular weight excluding hydrogens is 260 g/mol. The van der Waals surface area contributed by atoms with Crippen LogP contribution in [0.4, 0.5) is 0 Å². The second-order valence-corrected chi connectivity index (χ2v) is 6.57. The Hall–Kier alpha value is -2.22. The van der Waals surface area contributed by atoms with Crippen LogP contribution in [0.2, 0.25) is 0 Å². The van der Waals surface area contributed by atoms with E-state index in [0.29, 0.717) is 17.5 Å². The minimum atomic E-state index is -0.958. The topological polar surface area (TPSA) is 34.1 Å². The molecular formula is C19H16O2. The molecule has 104 valence electrons. The Balaban J connectivity index is 2.00. The summed E-state index contributed by atoms with van der Waals surface area (Å²) in [5.74, 6) is -0.0198. The van der Waals surface area contributed by atoms with Gasteiger partial charge in [0.25, 0.3) is 0 Å². The van der Waals surface area contributed by atoms with E-state index < -0.39 is 10.8 Å². The number of ketones is 2. The van der Waals surface area contributed by atoms with Crippen molar-refractivity contribution in [2.75, 3.05) is 0 Å². The molecule has 0 radical (unpaired) electrons. The van der Waals surface area contributed by atoms with E-state index in [2.05, 4.69) is 0 Å². The van der Waals surface area contributed by atoms with E-state index >= 15 is 0 Å². The van der Waals surface area contributed by atoms with Crippen LogP contribution >= 0.6 is 0 Å². The largest absolute Gasteiger partial charge is 0.293 e. The van der Waals surface area contributed by atoms with Crippen LogP contribution in [0, 0.1) is 5.41 Å². The van der Waals surface area contributed by atoms with Gasteiger partial charge < -0.3 is 0 Å². The van der Waals surface area contributed by atoms with Crippen LogP contribution in [0.15, 0.2) is 48.5 Å². The monoisotopic (exact) mass is 276 g/mol. The molecule has 0 aliphatic heterocycles. The van der Waals surface area contributed by atoms with Crippen molar-refractivity contribution in [3.05, 3.63) is 70.8 Å². The van der Waals surface area contributed by atoms with Crippen LogP contribution in [-0.4, -0.2) is 11.6 Å². The lowest BCUT2D eigenvalue weighted by atomic mass is 9.63. The number of Topliss-reactive ketones (excluding diaryl/α,β-unsaturated/α-hetero) is 2. The fraction of sp³-hybridized carbons (Fsp3) is 0.263. The molecule has 1 spiro atoms. The molecule has 0 amide bonds. The highest BCUT2D eigenvalue weighted by Crippen LogP contribution is 2.57. The quantitative estimate of drug-likeness (QED) is 0.689. The normalized spacial score (nSPS) is 25.2. The fourth-order valence-corrected chi connectivity index (χ4v) is 4.15. The van der Waals surface area contributed by atoms with E-state index in [1.807, 2.05) is 62.4 Å². The Morgan fingerprint density at radius 3 is 2.05 bits per heavy atom. The summed E-state index contributed by atoms with van der Waals surface area (Å²) in [6.45, 7) is 4.06. The van der Waals surface area contributed by atoms with Gasteiger partial charge in [0, 0.05) is 16.5 Å². The first-order valence-corrected chi connectivity index (χ1v) is 7.27. The summed E-state index contributed by atoms with van der Waals surface area (Å²) in [5, 5.41) is 0. The lowest BCUT2D eigenvalue weighted by Crippen LogP contribution is -2.46. The SMILES string of the molecule is CC1(C)c2ccccc2C(=O)[C@]12Cc1ccccc1C2=O. The predicted molar refractivity (Wildman–Crippen MR) is 80.7 cm³/mol. The molecule has 0 aromatic heterocycles. The fourth-order valence-electron chi connectivity index (χ4n) is 4.15. The van der Waals surface area contributed by atoms with Gasteiger partial charge in [-0.3, -0.25) is 9.59 Å². The van der Waals surface area contributed by atoms with Crippen LogP contribution in [0.25, 0.3) is 0 Å². The van der Waals surface area contributed by atoms with Crippen molar-refractivity contribution in [3.63, 3.8) is 0 Å². The summed E-state index contributed by atoms with van der Waals surface area (Å²) in [6, 6.07) is 15.3. The Labute approximate surface area is 123 Å². The first-order chi connectivity index (χ1) is 10.00. The van der Waals surface area contributed by atoms with Crippen molar-refractivity contribution in [1.29, 1.82) is 0 Å². The minimum absolute atomic E-state index is 0.00991. The molecule has 0 fully saturated rings. The number of hydrogen-bond donors (Lipinski definition) is 0. The predicted octanol–water partition coefficient (Wildman–Crippen LogP) is 3.59. The van der Waals surface area contributed by atoms with Crippen molar-refractivity contribution in [2.24, 2.45) is 5.41 Å². The summed E-state index contributed by atoms with van der Waals surface area (Å²) in [4.78, 5) is 26.2. The lowest BCUT2D eigenvalue weighted by molar-refractivity contribution is 0.0598. The minimum Gasteiger partial charge on any atom is -0.293 e. The van der Waals surface area contributed by atoms with E-state index in [1.165, 1.54) is 0 Å². The number of benzene rings is 2. The molecule has 0 saturated carbocycles. The summed E-state index contributed by atoms with van der Waals surface area (Å²) in [7, 11) is 0. The van der Waals surface area contributed by atoms with Crippen molar-refractivity contribution in [1.82, 2.24) is 0 Å². The maximum absolute atomic E-state index is 13.1. The number of carbonyl (C=O) groups excluding carboxylic acids is 2. The molecule has 0 saturated heterocycles. The smallest absolute Gasteiger partial charge is 0.178 e. The van der Waals surface area contributed by atoms with E-state index in [9.17, 15) is 9.59 Å². The van der Waals surface area contributed by atoms with Gasteiger partial charge in [0.05, 0.1) is 0 Å². The zero-order chi connectivity index (χ0) is 14.8. The van der Waals surface area contributed by atoms with E-state index in [0.717, 1.165) is 11.1 Å². The molecule has 1 atom stereocenters. The molecule has 4 rings (SSSR count). The Kier molecular flexibility index (Phi) is 2.21. The average molecular weight is 276 g/mol. The Morgan fingerprint density at radius 2 is 1.38 bits per heavy atom. The number of hydrogen-bond acceptors (Lipinski definition) is 2. The summed E-state index contributed by atoms with van der Waals surface area (Å²) >= 11 is 0. The van der Waals surface area contributed by atoms with Crippen LogP contribution in [0.3, 0.4) is 0 Å². The average Bonchev–Trinajstić information content (AvgIpc) is 2.89. The standard InChI is InChI=1S/C19H16O2/c1-18(2)15-10-6-5-9-14(15)17(21)19(18)11-12-7-3-4-8-13(12)16(19)20/h3-10H,11H2,1-2H3/t19-/m1/s1. The molecule has 0 N–H and O–H groups in total. The van der Waals surface area contributed by atoms with Crippen molar-refractivity contribution in [3.8, 4) is 0 Å². The first kappa shape index (κ1) is 12.5. The molecule has 0 bridgehead atoms. The van der Waals surface area contributed by atoms with Gasteiger partial charge in [0.15, 0.2) is 11.6 Å². The van der Waals surface area contributed by atoms with Gasteiger partial charge in [-0.05, 0) is 17.5 Å². The molecule has 0 heterocycles. The molecule has 21 heavy (non-hydrogen) atoms. The highest BCUT2D eigenvalue weighted by atomic mass is 16.2. The van der Waals surface area contributed by atoms with Gasteiger partial charge in [-0.25, -0.2) is 0 Å². The number of fused-ring (bicyclic) bond motifs is 2. The summed E-state index contributed by atoms with van der Waals surface area (Å²) in [5.41, 5.74) is 1.99. The van der Waals surface area contributed by atoms with E-state index in [4.69, 9.17) is 0 Å². The Bertz CT molecular complexity index is 791.